The lowest BCUT2D eigenvalue weighted by atomic mass is 10.1. The third-order valence-electron chi connectivity index (χ3n) is 2.67. The van der Waals surface area contributed by atoms with Gasteiger partial charge in [0, 0.05) is 0 Å². The number of allylic oxidation sites excluding steroid dienone is 1. The SMILES string of the molecule is CCC/C=C1\NC(=O)C(c2ccccc2)=C1O. The minimum atomic E-state index is -0.240. The summed E-state index contributed by atoms with van der Waals surface area (Å²) in [6, 6.07) is 9.19. The molecule has 0 atom stereocenters. The van der Waals surface area contributed by atoms with E-state index in [9.17, 15) is 9.90 Å². The molecular weight excluding hydrogens is 214 g/mol. The lowest BCUT2D eigenvalue weighted by Gasteiger charge is -1.99. The molecule has 1 aromatic rings. The number of hydrogen-bond acceptors (Lipinski definition) is 2. The highest BCUT2D eigenvalue weighted by Gasteiger charge is 2.27. The molecular formula is C14H15NO2. The van der Waals surface area contributed by atoms with Crippen molar-refractivity contribution in [1.82, 2.24) is 5.32 Å². The van der Waals surface area contributed by atoms with Gasteiger partial charge >= 0.3 is 0 Å². The second-order valence-corrected chi connectivity index (χ2v) is 3.95. The van der Waals surface area contributed by atoms with Gasteiger partial charge in [0.2, 0.25) is 0 Å². The Morgan fingerprint density at radius 1 is 1.29 bits per heavy atom. The van der Waals surface area contributed by atoms with E-state index in [4.69, 9.17) is 0 Å². The summed E-state index contributed by atoms with van der Waals surface area (Å²) in [4.78, 5) is 11.8. The first-order chi connectivity index (χ1) is 8.24. The first kappa shape index (κ1) is 11.5. The van der Waals surface area contributed by atoms with E-state index >= 15 is 0 Å². The standard InChI is InChI=1S/C14H15NO2/c1-2-3-9-11-13(16)12(14(17)15-11)10-7-5-4-6-8-10/h4-9,16H,2-3H2,1H3,(H,15,17)/b11-9-. The molecule has 1 aliphatic heterocycles. The normalized spacial score (nSPS) is 17.7. The fourth-order valence-electron chi connectivity index (χ4n) is 1.80. The van der Waals surface area contributed by atoms with E-state index in [-0.39, 0.29) is 11.7 Å². The zero-order valence-corrected chi connectivity index (χ0v) is 9.73. The van der Waals surface area contributed by atoms with Gasteiger partial charge in [-0.05, 0) is 12.0 Å². The fourth-order valence-corrected chi connectivity index (χ4v) is 1.80. The number of carbonyl (C=O) groups excluding carboxylic acids is 1. The Morgan fingerprint density at radius 2 is 2.00 bits per heavy atom. The van der Waals surface area contributed by atoms with Crippen molar-refractivity contribution in [3.05, 3.63) is 53.4 Å². The molecule has 0 fully saturated rings. The van der Waals surface area contributed by atoms with Crippen molar-refractivity contribution in [2.24, 2.45) is 0 Å². The third-order valence-corrected chi connectivity index (χ3v) is 2.67. The van der Waals surface area contributed by atoms with Crippen molar-refractivity contribution in [3.63, 3.8) is 0 Å². The summed E-state index contributed by atoms with van der Waals surface area (Å²) in [5, 5.41) is 12.7. The molecule has 0 bridgehead atoms. The Balaban J connectivity index is 2.39. The van der Waals surface area contributed by atoms with Gasteiger partial charge in [0.05, 0.1) is 11.3 Å². The molecule has 0 spiro atoms. The molecule has 0 aliphatic carbocycles. The first-order valence-corrected chi connectivity index (χ1v) is 5.74. The topological polar surface area (TPSA) is 49.3 Å². The van der Waals surface area contributed by atoms with E-state index in [1.54, 1.807) is 0 Å². The summed E-state index contributed by atoms with van der Waals surface area (Å²) < 4.78 is 0. The average molecular weight is 229 g/mol. The van der Waals surface area contributed by atoms with Crippen LogP contribution in [0.2, 0.25) is 0 Å². The fraction of sp³-hybridized carbons (Fsp3) is 0.214. The van der Waals surface area contributed by atoms with Gasteiger partial charge in [-0.2, -0.15) is 0 Å². The number of carbonyl (C=O) groups is 1. The molecule has 0 aromatic heterocycles. The Morgan fingerprint density at radius 3 is 2.65 bits per heavy atom. The maximum atomic E-state index is 11.8. The maximum absolute atomic E-state index is 11.8. The average Bonchev–Trinajstić information content (AvgIpc) is 2.63. The third kappa shape index (κ3) is 2.23. The van der Waals surface area contributed by atoms with Crippen LogP contribution in [0.1, 0.15) is 25.3 Å². The van der Waals surface area contributed by atoms with Gasteiger partial charge in [0.25, 0.3) is 5.91 Å². The molecule has 3 heteroatoms. The number of unbranched alkanes of at least 4 members (excludes halogenated alkanes) is 1. The number of aliphatic hydroxyl groups is 1. The van der Waals surface area contributed by atoms with E-state index in [1.807, 2.05) is 43.3 Å². The lowest BCUT2D eigenvalue weighted by molar-refractivity contribution is -0.114. The van der Waals surface area contributed by atoms with Crippen LogP contribution in [0, 0.1) is 0 Å². The van der Waals surface area contributed by atoms with Crippen LogP contribution in [-0.2, 0) is 4.79 Å². The van der Waals surface area contributed by atoms with Gasteiger partial charge < -0.3 is 10.4 Å². The highest BCUT2D eigenvalue weighted by molar-refractivity contribution is 6.24. The number of rotatable bonds is 3. The highest BCUT2D eigenvalue weighted by atomic mass is 16.3. The molecule has 1 heterocycles. The summed E-state index contributed by atoms with van der Waals surface area (Å²) >= 11 is 0. The monoisotopic (exact) mass is 229 g/mol. The van der Waals surface area contributed by atoms with Crippen molar-refractivity contribution < 1.29 is 9.90 Å². The highest BCUT2D eigenvalue weighted by Crippen LogP contribution is 2.27. The number of benzene rings is 1. The molecule has 2 rings (SSSR count). The minimum Gasteiger partial charge on any atom is -0.505 e. The molecule has 0 radical (unpaired) electrons. The molecule has 1 amide bonds. The molecule has 0 saturated heterocycles. The van der Waals surface area contributed by atoms with Gasteiger partial charge in [-0.3, -0.25) is 4.79 Å². The number of hydrogen-bond donors (Lipinski definition) is 2. The zero-order valence-electron chi connectivity index (χ0n) is 9.73. The quantitative estimate of drug-likeness (QED) is 0.837. The van der Waals surface area contributed by atoms with Gasteiger partial charge in [-0.25, -0.2) is 0 Å². The predicted molar refractivity (Wildman–Crippen MR) is 67.1 cm³/mol. The van der Waals surface area contributed by atoms with E-state index in [0.717, 1.165) is 18.4 Å². The molecule has 88 valence electrons. The predicted octanol–water partition coefficient (Wildman–Crippen LogP) is 2.77. The summed E-state index contributed by atoms with van der Waals surface area (Å²) in [5.74, 6) is -0.189. The summed E-state index contributed by atoms with van der Waals surface area (Å²) in [5.41, 5.74) is 1.62. The van der Waals surface area contributed by atoms with Crippen molar-refractivity contribution in [3.8, 4) is 0 Å². The van der Waals surface area contributed by atoms with E-state index < -0.39 is 0 Å². The lowest BCUT2D eigenvalue weighted by Crippen LogP contribution is -2.15. The number of nitrogens with one attached hydrogen (secondary N) is 1. The first-order valence-electron chi connectivity index (χ1n) is 5.74. The van der Waals surface area contributed by atoms with Crippen molar-refractivity contribution in [2.75, 3.05) is 0 Å². The maximum Gasteiger partial charge on any atom is 0.260 e. The molecule has 2 N–H and O–H groups in total. The van der Waals surface area contributed by atoms with Gasteiger partial charge in [-0.15, -0.1) is 0 Å². The van der Waals surface area contributed by atoms with Crippen LogP contribution in [0.3, 0.4) is 0 Å². The number of aliphatic hydroxyl groups excluding tert-OH is 1. The molecule has 0 saturated carbocycles. The Kier molecular flexibility index (Phi) is 3.28. The van der Waals surface area contributed by atoms with Crippen molar-refractivity contribution in [2.45, 2.75) is 19.8 Å². The Bertz CT molecular complexity index is 486. The zero-order chi connectivity index (χ0) is 12.3. The van der Waals surface area contributed by atoms with E-state index in [0.29, 0.717) is 11.3 Å². The second-order valence-electron chi connectivity index (χ2n) is 3.95. The van der Waals surface area contributed by atoms with Crippen LogP contribution >= 0.6 is 0 Å². The van der Waals surface area contributed by atoms with E-state index in [2.05, 4.69) is 5.32 Å². The Labute approximate surface area is 100 Å². The molecule has 17 heavy (non-hydrogen) atoms. The van der Waals surface area contributed by atoms with Crippen LogP contribution < -0.4 is 5.32 Å². The van der Waals surface area contributed by atoms with E-state index in [1.165, 1.54) is 0 Å². The van der Waals surface area contributed by atoms with Crippen LogP contribution in [-0.4, -0.2) is 11.0 Å². The largest absolute Gasteiger partial charge is 0.505 e. The molecule has 0 unspecified atom stereocenters. The van der Waals surface area contributed by atoms with Gasteiger partial charge in [-0.1, -0.05) is 49.8 Å². The summed E-state index contributed by atoms with van der Waals surface area (Å²) in [6.07, 6.45) is 3.66. The molecule has 1 aliphatic rings. The van der Waals surface area contributed by atoms with Crippen LogP contribution in [0.25, 0.3) is 5.57 Å². The Hall–Kier alpha value is -2.03. The smallest absolute Gasteiger partial charge is 0.260 e. The van der Waals surface area contributed by atoms with Crippen molar-refractivity contribution >= 4 is 11.5 Å². The minimum absolute atomic E-state index is 0.0506. The van der Waals surface area contributed by atoms with Crippen molar-refractivity contribution in [1.29, 1.82) is 0 Å². The summed E-state index contributed by atoms with van der Waals surface area (Å²) in [6.45, 7) is 2.05. The second kappa shape index (κ2) is 4.87. The molecule has 1 aromatic carbocycles. The van der Waals surface area contributed by atoms with Gasteiger partial charge in [0.1, 0.15) is 0 Å². The van der Waals surface area contributed by atoms with Crippen LogP contribution in [0.5, 0.6) is 0 Å². The number of amides is 1. The summed E-state index contributed by atoms with van der Waals surface area (Å²) in [7, 11) is 0. The molecule has 3 nitrogen and oxygen atoms in total. The van der Waals surface area contributed by atoms with Crippen LogP contribution in [0.4, 0.5) is 0 Å². The van der Waals surface area contributed by atoms with Gasteiger partial charge in [0.15, 0.2) is 5.76 Å². The van der Waals surface area contributed by atoms with Crippen LogP contribution in [0.15, 0.2) is 47.9 Å².